The number of carbonyl (C=O) groups excluding carboxylic acids is 1. The Hall–Kier alpha value is -0.610. The topological polar surface area (TPSA) is 20.3 Å². The Morgan fingerprint density at radius 1 is 1.09 bits per heavy atom. The Morgan fingerprint density at radius 2 is 1.78 bits per heavy atom. The van der Waals surface area contributed by atoms with Crippen molar-refractivity contribution < 1.29 is 4.79 Å². The Bertz CT molecular complexity index is 624. The van der Waals surface area contributed by atoms with Gasteiger partial charge in [-0.2, -0.15) is 0 Å². The van der Waals surface area contributed by atoms with Gasteiger partial charge in [-0.1, -0.05) is 18.2 Å². The molecule has 1 spiro atoms. The minimum Gasteiger partial charge on any atom is -0.312 e. The maximum Gasteiger partial charge on any atom is 0.230 e. The van der Waals surface area contributed by atoms with E-state index in [4.69, 9.17) is 0 Å². The van der Waals surface area contributed by atoms with Crippen LogP contribution in [0.3, 0.4) is 0 Å². The summed E-state index contributed by atoms with van der Waals surface area (Å²) in [4.78, 5) is 15.3. The number of nitrogens with zero attached hydrogens (tertiary/aromatic N) is 1. The highest BCUT2D eigenvalue weighted by Crippen LogP contribution is 2.66. The summed E-state index contributed by atoms with van der Waals surface area (Å²) in [5, 5.41) is 0. The van der Waals surface area contributed by atoms with E-state index >= 15 is 0 Å². The summed E-state index contributed by atoms with van der Waals surface area (Å²) in [6.45, 7) is 0.888. The molecule has 3 fully saturated rings. The number of carbonyl (C=O) groups is 1. The zero-order valence-corrected chi connectivity index (χ0v) is 15.0. The molecule has 23 heavy (non-hydrogen) atoms. The van der Waals surface area contributed by atoms with Crippen molar-refractivity contribution in [2.45, 2.75) is 36.2 Å². The first kappa shape index (κ1) is 14.7. The lowest BCUT2D eigenvalue weighted by atomic mass is 9.79. The second-order valence-corrected chi connectivity index (χ2v) is 10.4. The standard InChI is InChI=1S/C19H23NOS2/c21-18(20-8-7-13-3-1-2-4-17(13)20)14-11-15-5-6-16(12-14)19(15)22-9-10-23-19/h1-4,14-16H,5-12H2/t14?,15-,16+. The zero-order valence-electron chi connectivity index (χ0n) is 13.4. The van der Waals surface area contributed by atoms with Gasteiger partial charge in [0.1, 0.15) is 0 Å². The van der Waals surface area contributed by atoms with Gasteiger partial charge in [0.15, 0.2) is 0 Å². The molecule has 4 aliphatic rings. The molecule has 2 nitrogen and oxygen atoms in total. The molecule has 0 aromatic heterocycles. The Labute approximate surface area is 146 Å². The summed E-state index contributed by atoms with van der Waals surface area (Å²) in [6.07, 6.45) is 6.00. The van der Waals surface area contributed by atoms with Gasteiger partial charge in [0, 0.05) is 29.7 Å². The predicted molar refractivity (Wildman–Crippen MR) is 99.1 cm³/mol. The second-order valence-electron chi connectivity index (χ2n) is 7.43. The van der Waals surface area contributed by atoms with Crippen LogP contribution in [0.5, 0.6) is 0 Å². The predicted octanol–water partition coefficient (Wildman–Crippen LogP) is 4.19. The third kappa shape index (κ3) is 2.13. The first-order valence-corrected chi connectivity index (χ1v) is 10.9. The fraction of sp³-hybridized carbons (Fsp3) is 0.632. The van der Waals surface area contributed by atoms with Gasteiger partial charge in [0.2, 0.25) is 5.91 Å². The number of anilines is 1. The van der Waals surface area contributed by atoms with Gasteiger partial charge >= 0.3 is 0 Å². The van der Waals surface area contributed by atoms with E-state index in [-0.39, 0.29) is 5.92 Å². The van der Waals surface area contributed by atoms with Crippen molar-refractivity contribution in [2.75, 3.05) is 23.0 Å². The number of thioether (sulfide) groups is 2. The molecule has 2 aliphatic carbocycles. The lowest BCUT2D eigenvalue weighted by Crippen LogP contribution is -2.44. The van der Waals surface area contributed by atoms with Gasteiger partial charge in [-0.25, -0.2) is 0 Å². The summed E-state index contributed by atoms with van der Waals surface area (Å²) < 4.78 is 0.486. The monoisotopic (exact) mass is 345 g/mol. The SMILES string of the molecule is O=C(C1C[C@H]2CC[C@@H](C1)C21SCCS1)N1CCc2ccccc21. The van der Waals surface area contributed by atoms with Crippen molar-refractivity contribution in [3.63, 3.8) is 0 Å². The first-order valence-electron chi connectivity index (χ1n) is 8.95. The van der Waals surface area contributed by atoms with Crippen LogP contribution in [0.2, 0.25) is 0 Å². The highest BCUT2D eigenvalue weighted by molar-refractivity contribution is 8.21. The van der Waals surface area contributed by atoms with Crippen molar-refractivity contribution in [2.24, 2.45) is 17.8 Å². The van der Waals surface area contributed by atoms with Gasteiger partial charge in [0.25, 0.3) is 0 Å². The fourth-order valence-electron chi connectivity index (χ4n) is 5.39. The highest BCUT2D eigenvalue weighted by Gasteiger charge is 2.57. The summed E-state index contributed by atoms with van der Waals surface area (Å²) in [5.74, 6) is 4.85. The van der Waals surface area contributed by atoms with Crippen LogP contribution in [0.1, 0.15) is 31.2 Å². The highest BCUT2D eigenvalue weighted by atomic mass is 32.2. The molecule has 2 saturated carbocycles. The van der Waals surface area contributed by atoms with E-state index in [1.165, 1.54) is 35.6 Å². The van der Waals surface area contributed by atoms with Gasteiger partial charge in [-0.3, -0.25) is 4.79 Å². The van der Waals surface area contributed by atoms with Crippen LogP contribution in [-0.2, 0) is 11.2 Å². The third-order valence-corrected chi connectivity index (χ3v) is 10.4. The number of rotatable bonds is 1. The second kappa shape index (κ2) is 5.45. The van der Waals surface area contributed by atoms with Crippen LogP contribution in [0, 0.1) is 17.8 Å². The molecule has 5 rings (SSSR count). The van der Waals surface area contributed by atoms with E-state index in [0.717, 1.165) is 37.6 Å². The average Bonchev–Trinajstić information content (AvgIpc) is 3.26. The number of hydrogen-bond acceptors (Lipinski definition) is 3. The fourth-order valence-corrected chi connectivity index (χ4v) is 9.33. The van der Waals surface area contributed by atoms with Crippen molar-refractivity contribution in [1.29, 1.82) is 0 Å². The van der Waals surface area contributed by atoms with E-state index in [1.54, 1.807) is 0 Å². The van der Waals surface area contributed by atoms with Crippen LogP contribution >= 0.6 is 23.5 Å². The number of fused-ring (bicyclic) bond motifs is 1. The summed E-state index contributed by atoms with van der Waals surface area (Å²) in [7, 11) is 0. The Kier molecular flexibility index (Phi) is 3.49. The molecule has 2 heterocycles. The van der Waals surface area contributed by atoms with Gasteiger partial charge < -0.3 is 4.90 Å². The summed E-state index contributed by atoms with van der Waals surface area (Å²) in [5.41, 5.74) is 2.52. The maximum absolute atomic E-state index is 13.2. The average molecular weight is 346 g/mol. The van der Waals surface area contributed by atoms with Crippen molar-refractivity contribution >= 4 is 35.1 Å². The number of hydrogen-bond donors (Lipinski definition) is 0. The molecule has 1 unspecified atom stereocenters. The molecule has 122 valence electrons. The maximum atomic E-state index is 13.2. The van der Waals surface area contributed by atoms with Gasteiger partial charge in [-0.05, 0) is 55.6 Å². The van der Waals surface area contributed by atoms with E-state index in [2.05, 4.69) is 52.7 Å². The smallest absolute Gasteiger partial charge is 0.230 e. The quantitative estimate of drug-likeness (QED) is 0.761. The first-order chi connectivity index (χ1) is 11.3. The van der Waals surface area contributed by atoms with Crippen LogP contribution in [0.4, 0.5) is 5.69 Å². The molecule has 0 radical (unpaired) electrons. The van der Waals surface area contributed by atoms with Crippen molar-refractivity contribution in [3.8, 4) is 0 Å². The van der Waals surface area contributed by atoms with Gasteiger partial charge in [-0.15, -0.1) is 23.5 Å². The van der Waals surface area contributed by atoms with Crippen molar-refractivity contribution in [3.05, 3.63) is 29.8 Å². The third-order valence-electron chi connectivity index (χ3n) is 6.38. The number of benzene rings is 1. The number of para-hydroxylation sites is 1. The normalized spacial score (nSPS) is 34.1. The molecule has 1 saturated heterocycles. The molecule has 3 atom stereocenters. The molecule has 1 aromatic rings. The van der Waals surface area contributed by atoms with Crippen LogP contribution in [0.25, 0.3) is 0 Å². The van der Waals surface area contributed by atoms with Crippen LogP contribution in [0.15, 0.2) is 24.3 Å². The largest absolute Gasteiger partial charge is 0.312 e. The summed E-state index contributed by atoms with van der Waals surface area (Å²) in [6, 6.07) is 8.46. The lowest BCUT2D eigenvalue weighted by Gasteiger charge is -2.43. The van der Waals surface area contributed by atoms with Crippen molar-refractivity contribution in [1.82, 2.24) is 0 Å². The van der Waals surface area contributed by atoms with Crippen LogP contribution in [-0.4, -0.2) is 28.0 Å². The van der Waals surface area contributed by atoms with E-state index in [0.29, 0.717) is 9.99 Å². The molecule has 1 aromatic carbocycles. The number of amides is 1. The minimum atomic E-state index is 0.270. The molecule has 1 amide bonds. The molecule has 0 N–H and O–H groups in total. The molecular weight excluding hydrogens is 322 g/mol. The van der Waals surface area contributed by atoms with E-state index in [9.17, 15) is 4.79 Å². The summed E-state index contributed by atoms with van der Waals surface area (Å²) >= 11 is 4.43. The molecule has 2 bridgehead atoms. The zero-order chi connectivity index (χ0) is 15.4. The Morgan fingerprint density at radius 3 is 2.52 bits per heavy atom. The van der Waals surface area contributed by atoms with E-state index in [1.807, 2.05) is 0 Å². The Balaban J connectivity index is 1.37. The van der Waals surface area contributed by atoms with E-state index < -0.39 is 0 Å². The molecule has 2 aliphatic heterocycles. The molecule has 4 heteroatoms. The minimum absolute atomic E-state index is 0.270. The van der Waals surface area contributed by atoms with Crippen LogP contribution < -0.4 is 4.90 Å². The van der Waals surface area contributed by atoms with Gasteiger partial charge in [0.05, 0.1) is 4.08 Å². The molecular formula is C19H23NOS2. The lowest BCUT2D eigenvalue weighted by molar-refractivity contribution is -0.123.